The van der Waals surface area contributed by atoms with Crippen LogP contribution >= 0.6 is 23.2 Å². The summed E-state index contributed by atoms with van der Waals surface area (Å²) < 4.78 is 0. The van der Waals surface area contributed by atoms with Crippen molar-refractivity contribution in [1.29, 1.82) is 0 Å². The summed E-state index contributed by atoms with van der Waals surface area (Å²) in [6, 6.07) is 5.68. The number of hydrogen-bond donors (Lipinski definition) is 1. The Balaban J connectivity index is 1.47. The van der Waals surface area contributed by atoms with Crippen molar-refractivity contribution in [3.05, 3.63) is 39.9 Å². The van der Waals surface area contributed by atoms with E-state index >= 15 is 0 Å². The second-order valence-electron chi connectivity index (χ2n) is 8.39. The average molecular weight is 468 g/mol. The van der Waals surface area contributed by atoms with Gasteiger partial charge in [-0.2, -0.15) is 0 Å². The topological polar surface area (TPSA) is 64.1 Å². The van der Waals surface area contributed by atoms with Gasteiger partial charge in [-0.1, -0.05) is 29.3 Å². The Hall–Kier alpha value is -1.60. The Morgan fingerprint density at radius 3 is 2.74 bits per heavy atom. The van der Waals surface area contributed by atoms with Gasteiger partial charge in [-0.3, -0.25) is 14.5 Å². The fourth-order valence-electron chi connectivity index (χ4n) is 4.15. The first-order valence-corrected chi connectivity index (χ1v) is 11.7. The first kappa shape index (κ1) is 24.1. The summed E-state index contributed by atoms with van der Waals surface area (Å²) in [4.78, 5) is 31.0. The lowest BCUT2D eigenvalue weighted by molar-refractivity contribution is -0.130. The minimum atomic E-state index is -0.243. The van der Waals surface area contributed by atoms with Crippen molar-refractivity contribution in [2.24, 2.45) is 0 Å². The van der Waals surface area contributed by atoms with Gasteiger partial charge in [-0.25, -0.2) is 0 Å². The molecule has 3 rings (SSSR count). The molecule has 2 heterocycles. The van der Waals surface area contributed by atoms with E-state index in [1.54, 1.807) is 29.2 Å². The van der Waals surface area contributed by atoms with E-state index in [4.69, 9.17) is 23.2 Å². The number of rotatable bonds is 6. The predicted molar refractivity (Wildman–Crippen MR) is 124 cm³/mol. The summed E-state index contributed by atoms with van der Waals surface area (Å²) >= 11 is 11.9. The fraction of sp³-hybridized carbons (Fsp3) is 0.565. The van der Waals surface area contributed by atoms with Crippen LogP contribution in [0.1, 0.15) is 38.2 Å². The summed E-state index contributed by atoms with van der Waals surface area (Å²) in [6.45, 7) is 5.95. The largest absolute Gasteiger partial charge is 0.392 e. The van der Waals surface area contributed by atoms with Gasteiger partial charge in [0.05, 0.1) is 16.1 Å². The van der Waals surface area contributed by atoms with Crippen molar-refractivity contribution in [2.75, 3.05) is 39.3 Å². The van der Waals surface area contributed by atoms with Gasteiger partial charge in [0, 0.05) is 57.8 Å². The summed E-state index contributed by atoms with van der Waals surface area (Å²) in [5.41, 5.74) is 0.798. The van der Waals surface area contributed by atoms with Gasteiger partial charge in [0.1, 0.15) is 0 Å². The normalized spacial score (nSPS) is 23.4. The number of likely N-dealkylation sites (tertiary alicyclic amines) is 1. The SMILES string of the molecule is CC1CCC(O)CN1CCCN1CCN(C(=O)C=Cc2ccc(Cl)c(Cl)c2)CCC1=O. The molecule has 1 aromatic carbocycles. The molecule has 1 N–H and O–H groups in total. The van der Waals surface area contributed by atoms with E-state index in [2.05, 4.69) is 11.8 Å². The molecule has 2 amide bonds. The molecule has 0 bridgehead atoms. The maximum absolute atomic E-state index is 12.6. The van der Waals surface area contributed by atoms with Crippen LogP contribution in [0.2, 0.25) is 10.0 Å². The number of piperidine rings is 1. The van der Waals surface area contributed by atoms with Crippen LogP contribution in [0.25, 0.3) is 6.08 Å². The molecule has 2 aliphatic rings. The molecule has 0 aliphatic carbocycles. The third kappa shape index (κ3) is 6.94. The number of aliphatic hydroxyl groups excluding tert-OH is 1. The number of aliphatic hydroxyl groups is 1. The van der Waals surface area contributed by atoms with Gasteiger partial charge in [0.15, 0.2) is 0 Å². The third-order valence-electron chi connectivity index (χ3n) is 6.12. The van der Waals surface area contributed by atoms with Crippen LogP contribution in [0.15, 0.2) is 24.3 Å². The molecule has 2 saturated heterocycles. The molecular weight excluding hydrogens is 437 g/mol. The molecule has 0 aromatic heterocycles. The molecule has 31 heavy (non-hydrogen) atoms. The smallest absolute Gasteiger partial charge is 0.246 e. The number of carbonyl (C=O) groups is 2. The van der Waals surface area contributed by atoms with Crippen LogP contribution in [0.5, 0.6) is 0 Å². The zero-order chi connectivity index (χ0) is 22.4. The van der Waals surface area contributed by atoms with E-state index in [1.807, 2.05) is 4.90 Å². The van der Waals surface area contributed by atoms with E-state index in [0.29, 0.717) is 55.2 Å². The fourth-order valence-corrected chi connectivity index (χ4v) is 4.45. The molecule has 8 heteroatoms. The third-order valence-corrected chi connectivity index (χ3v) is 6.86. The monoisotopic (exact) mass is 467 g/mol. The lowest BCUT2D eigenvalue weighted by Gasteiger charge is -2.36. The highest BCUT2D eigenvalue weighted by atomic mass is 35.5. The van der Waals surface area contributed by atoms with E-state index in [9.17, 15) is 14.7 Å². The van der Waals surface area contributed by atoms with Crippen molar-refractivity contribution < 1.29 is 14.7 Å². The van der Waals surface area contributed by atoms with Crippen LogP contribution in [-0.4, -0.2) is 83.0 Å². The second kappa shape index (κ2) is 11.3. The molecule has 0 radical (unpaired) electrons. The summed E-state index contributed by atoms with van der Waals surface area (Å²) in [7, 11) is 0. The molecule has 0 spiro atoms. The number of halogens is 2. The van der Waals surface area contributed by atoms with E-state index < -0.39 is 0 Å². The lowest BCUT2D eigenvalue weighted by atomic mass is 10.0. The van der Waals surface area contributed by atoms with Crippen LogP contribution in [0.4, 0.5) is 0 Å². The Morgan fingerprint density at radius 1 is 1.16 bits per heavy atom. The van der Waals surface area contributed by atoms with Crippen LogP contribution in [-0.2, 0) is 9.59 Å². The molecular formula is C23H31Cl2N3O3. The molecule has 6 nitrogen and oxygen atoms in total. The second-order valence-corrected chi connectivity index (χ2v) is 9.21. The van der Waals surface area contributed by atoms with Crippen molar-refractivity contribution >= 4 is 41.1 Å². The Labute approximate surface area is 194 Å². The van der Waals surface area contributed by atoms with Gasteiger partial charge in [-0.15, -0.1) is 0 Å². The maximum atomic E-state index is 12.6. The summed E-state index contributed by atoms with van der Waals surface area (Å²) in [5.74, 6) is -0.0210. The first-order valence-electron chi connectivity index (χ1n) is 11.0. The zero-order valence-corrected chi connectivity index (χ0v) is 19.5. The van der Waals surface area contributed by atoms with Crippen molar-refractivity contribution in [3.8, 4) is 0 Å². The maximum Gasteiger partial charge on any atom is 0.246 e. The minimum absolute atomic E-state index is 0.0930. The highest BCUT2D eigenvalue weighted by Gasteiger charge is 2.25. The van der Waals surface area contributed by atoms with Gasteiger partial charge < -0.3 is 14.9 Å². The highest BCUT2D eigenvalue weighted by molar-refractivity contribution is 6.42. The predicted octanol–water partition coefficient (Wildman–Crippen LogP) is 3.30. The molecule has 0 saturated carbocycles. The Bertz CT molecular complexity index is 817. The first-order chi connectivity index (χ1) is 14.8. The number of hydrogen-bond acceptors (Lipinski definition) is 4. The van der Waals surface area contributed by atoms with Gasteiger partial charge in [0.2, 0.25) is 11.8 Å². The summed E-state index contributed by atoms with van der Waals surface area (Å²) in [6.07, 6.45) is 6.07. The number of β-amino-alcohol motifs (C(OH)–C–C–N with tert-alkyl or cyclic N) is 1. The van der Waals surface area contributed by atoms with Crippen molar-refractivity contribution in [2.45, 2.75) is 44.8 Å². The van der Waals surface area contributed by atoms with Crippen LogP contribution in [0.3, 0.4) is 0 Å². The Morgan fingerprint density at radius 2 is 1.97 bits per heavy atom. The standard InChI is InChI=1S/C23H31Cl2N3O3/c1-17-3-6-19(29)16-28(17)11-2-10-26-13-14-27(12-9-23(26)31)22(30)8-5-18-4-7-20(24)21(25)15-18/h4-5,7-8,15,17,19,29H,2-3,6,9-14,16H2,1H3. The van der Waals surface area contributed by atoms with Crippen LogP contribution < -0.4 is 0 Å². The quantitative estimate of drug-likeness (QED) is 0.651. The zero-order valence-electron chi connectivity index (χ0n) is 18.0. The average Bonchev–Trinajstić information content (AvgIpc) is 2.93. The molecule has 2 unspecified atom stereocenters. The van der Waals surface area contributed by atoms with E-state index in [1.165, 1.54) is 6.08 Å². The Kier molecular flexibility index (Phi) is 8.78. The molecule has 1 aromatic rings. The molecule has 2 atom stereocenters. The number of nitrogens with zero attached hydrogens (tertiary/aromatic N) is 3. The van der Waals surface area contributed by atoms with Crippen molar-refractivity contribution in [1.82, 2.24) is 14.7 Å². The molecule has 170 valence electrons. The van der Waals surface area contributed by atoms with Gasteiger partial charge in [0.25, 0.3) is 0 Å². The van der Waals surface area contributed by atoms with Crippen molar-refractivity contribution in [3.63, 3.8) is 0 Å². The molecule has 2 aliphatic heterocycles. The number of benzene rings is 1. The highest BCUT2D eigenvalue weighted by Crippen LogP contribution is 2.23. The van der Waals surface area contributed by atoms with E-state index in [-0.39, 0.29) is 17.9 Å². The van der Waals surface area contributed by atoms with Gasteiger partial charge >= 0.3 is 0 Å². The minimum Gasteiger partial charge on any atom is -0.392 e. The summed E-state index contributed by atoms with van der Waals surface area (Å²) in [5, 5.41) is 10.8. The number of carbonyl (C=O) groups excluding carboxylic acids is 2. The van der Waals surface area contributed by atoms with E-state index in [0.717, 1.165) is 31.4 Å². The van der Waals surface area contributed by atoms with Gasteiger partial charge in [-0.05, 0) is 50.0 Å². The number of amides is 2. The lowest BCUT2D eigenvalue weighted by Crippen LogP contribution is -2.45. The van der Waals surface area contributed by atoms with Crippen LogP contribution in [0, 0.1) is 0 Å². The molecule has 2 fully saturated rings.